The average molecular weight is 350 g/mol. The van der Waals surface area contributed by atoms with Crippen LogP contribution in [0.5, 0.6) is 23.0 Å². The quantitative estimate of drug-likeness (QED) is 0.595. The molecule has 132 valence electrons. The fraction of sp³-hybridized carbons (Fsp3) is 0.267. The van der Waals surface area contributed by atoms with Crippen molar-refractivity contribution in [2.75, 3.05) is 26.4 Å². The van der Waals surface area contributed by atoms with E-state index >= 15 is 0 Å². The van der Waals surface area contributed by atoms with Gasteiger partial charge in [0.15, 0.2) is 5.75 Å². The van der Waals surface area contributed by atoms with Gasteiger partial charge in [0, 0.05) is 11.6 Å². The van der Waals surface area contributed by atoms with Crippen LogP contribution in [0.2, 0.25) is 0 Å². The van der Waals surface area contributed by atoms with E-state index in [1.807, 2.05) is 0 Å². The third-order valence-electron chi connectivity index (χ3n) is 3.57. The van der Waals surface area contributed by atoms with Gasteiger partial charge in [0.2, 0.25) is 23.1 Å². The predicted molar refractivity (Wildman–Crippen MR) is 83.3 cm³/mol. The molecule has 0 bridgehead atoms. The molecule has 0 saturated carbocycles. The zero-order chi connectivity index (χ0) is 18.1. The summed E-state index contributed by atoms with van der Waals surface area (Å²) in [6, 6.07) is 4.01. The number of nitro groups is 1. The molecule has 1 amide bonds. The SMILES string of the molecule is COc1cc2c(c(OC)c1OC)ON(c1ccc([N+](=O)[O-])o1)C(=O)C2. The molecule has 2 aromatic rings. The Kier molecular flexibility index (Phi) is 4.09. The fourth-order valence-corrected chi connectivity index (χ4v) is 2.48. The number of hydrogen-bond donors (Lipinski definition) is 0. The van der Waals surface area contributed by atoms with Gasteiger partial charge in [-0.1, -0.05) is 0 Å². The first kappa shape index (κ1) is 16.4. The summed E-state index contributed by atoms with van der Waals surface area (Å²) in [7, 11) is 4.32. The molecule has 1 aromatic heterocycles. The first-order chi connectivity index (χ1) is 12.0. The second-order valence-electron chi connectivity index (χ2n) is 4.96. The summed E-state index contributed by atoms with van der Waals surface area (Å²) in [5.74, 6) is 0.0657. The summed E-state index contributed by atoms with van der Waals surface area (Å²) in [6.07, 6.45) is -0.0411. The van der Waals surface area contributed by atoms with Gasteiger partial charge in [-0.3, -0.25) is 14.9 Å². The fourth-order valence-electron chi connectivity index (χ4n) is 2.48. The number of rotatable bonds is 5. The Hall–Kier alpha value is -3.43. The third kappa shape index (κ3) is 2.67. The summed E-state index contributed by atoms with van der Waals surface area (Å²) < 4.78 is 20.9. The zero-order valence-corrected chi connectivity index (χ0v) is 13.6. The number of anilines is 1. The van der Waals surface area contributed by atoms with Crippen molar-refractivity contribution in [1.29, 1.82) is 0 Å². The van der Waals surface area contributed by atoms with Gasteiger partial charge in [0.1, 0.15) is 4.92 Å². The Bertz CT molecular complexity index is 844. The van der Waals surface area contributed by atoms with E-state index in [9.17, 15) is 14.9 Å². The number of fused-ring (bicyclic) bond motifs is 1. The molecule has 25 heavy (non-hydrogen) atoms. The molecule has 10 heteroatoms. The maximum atomic E-state index is 12.3. The number of methoxy groups -OCH3 is 3. The van der Waals surface area contributed by atoms with Gasteiger partial charge in [0.25, 0.3) is 5.91 Å². The standard InChI is InChI=1S/C15H14N2O8/c1-21-9-6-8-7-10(18)16(11-4-5-12(24-11)17(19)20)25-13(8)15(23-3)14(9)22-2/h4-6H,7H2,1-3H3. The van der Waals surface area contributed by atoms with Gasteiger partial charge in [-0.05, 0) is 6.07 Å². The number of carbonyl (C=O) groups is 1. The maximum Gasteiger partial charge on any atom is 0.434 e. The van der Waals surface area contributed by atoms with E-state index in [2.05, 4.69) is 0 Å². The number of hydroxylamine groups is 1. The topological polar surface area (TPSA) is 114 Å². The molecular formula is C15H14N2O8. The maximum absolute atomic E-state index is 12.3. The number of amides is 1. The number of carbonyl (C=O) groups excluding carboxylic acids is 1. The van der Waals surface area contributed by atoms with Crippen LogP contribution in [0.15, 0.2) is 22.6 Å². The minimum Gasteiger partial charge on any atom is -0.493 e. The molecular weight excluding hydrogens is 336 g/mol. The van der Waals surface area contributed by atoms with Crippen LogP contribution in [0.3, 0.4) is 0 Å². The van der Waals surface area contributed by atoms with Crippen LogP contribution < -0.4 is 24.1 Å². The Morgan fingerprint density at radius 3 is 2.44 bits per heavy atom. The van der Waals surface area contributed by atoms with Crippen molar-refractivity contribution in [3.63, 3.8) is 0 Å². The predicted octanol–water partition coefficient (Wildman–Crippen LogP) is 2.10. The van der Waals surface area contributed by atoms with Crippen LogP contribution in [-0.4, -0.2) is 32.2 Å². The summed E-state index contributed by atoms with van der Waals surface area (Å²) in [5, 5.41) is 11.6. The molecule has 0 atom stereocenters. The average Bonchev–Trinajstić information content (AvgIpc) is 3.09. The largest absolute Gasteiger partial charge is 0.493 e. The summed E-state index contributed by atoms with van der Waals surface area (Å²) >= 11 is 0. The molecule has 1 aliphatic heterocycles. The normalized spacial score (nSPS) is 13.1. The van der Waals surface area contributed by atoms with E-state index in [0.29, 0.717) is 17.1 Å². The summed E-state index contributed by atoms with van der Waals surface area (Å²) in [4.78, 5) is 28.0. The Labute approximate surface area is 141 Å². The monoisotopic (exact) mass is 350 g/mol. The van der Waals surface area contributed by atoms with Crippen LogP contribution in [0.1, 0.15) is 5.56 Å². The summed E-state index contributed by atoms with van der Waals surface area (Å²) in [5.41, 5.74) is 0.525. The molecule has 0 aliphatic carbocycles. The highest BCUT2D eigenvalue weighted by Gasteiger charge is 2.34. The smallest absolute Gasteiger partial charge is 0.434 e. The molecule has 0 spiro atoms. The molecule has 0 fully saturated rings. The third-order valence-corrected chi connectivity index (χ3v) is 3.57. The Morgan fingerprint density at radius 2 is 1.88 bits per heavy atom. The Morgan fingerprint density at radius 1 is 1.16 bits per heavy atom. The van der Waals surface area contributed by atoms with Crippen molar-refractivity contribution in [2.45, 2.75) is 6.42 Å². The van der Waals surface area contributed by atoms with E-state index in [1.54, 1.807) is 6.07 Å². The highest BCUT2D eigenvalue weighted by atomic mass is 16.7. The van der Waals surface area contributed by atoms with Gasteiger partial charge in [-0.2, -0.15) is 0 Å². The first-order valence-corrected chi connectivity index (χ1v) is 7.07. The lowest BCUT2D eigenvalue weighted by molar-refractivity contribution is -0.401. The van der Waals surface area contributed by atoms with Crippen LogP contribution >= 0.6 is 0 Å². The number of nitrogens with zero attached hydrogens (tertiary/aromatic N) is 2. The van der Waals surface area contributed by atoms with Crippen LogP contribution in [0.4, 0.5) is 11.8 Å². The lowest BCUT2D eigenvalue weighted by atomic mass is 10.1. The van der Waals surface area contributed by atoms with E-state index in [4.69, 9.17) is 23.5 Å². The van der Waals surface area contributed by atoms with Crippen molar-refractivity contribution >= 4 is 17.7 Å². The number of furan rings is 1. The number of hydrogen-bond acceptors (Lipinski definition) is 8. The van der Waals surface area contributed by atoms with Crippen LogP contribution in [-0.2, 0) is 11.2 Å². The zero-order valence-electron chi connectivity index (χ0n) is 13.6. The van der Waals surface area contributed by atoms with Crippen molar-refractivity contribution in [3.8, 4) is 23.0 Å². The highest BCUT2D eigenvalue weighted by Crippen LogP contribution is 2.48. The number of ether oxygens (including phenoxy) is 3. The molecule has 1 aromatic carbocycles. The van der Waals surface area contributed by atoms with Crippen molar-refractivity contribution in [3.05, 3.63) is 33.9 Å². The number of benzene rings is 1. The lowest BCUT2D eigenvalue weighted by Crippen LogP contribution is -2.39. The minimum absolute atomic E-state index is 0.0411. The molecule has 2 heterocycles. The van der Waals surface area contributed by atoms with Gasteiger partial charge in [-0.15, -0.1) is 5.06 Å². The molecule has 3 rings (SSSR count). The van der Waals surface area contributed by atoms with E-state index in [1.165, 1.54) is 27.4 Å². The van der Waals surface area contributed by atoms with E-state index in [0.717, 1.165) is 11.1 Å². The molecule has 1 aliphatic rings. The van der Waals surface area contributed by atoms with Crippen LogP contribution in [0.25, 0.3) is 0 Å². The van der Waals surface area contributed by atoms with Gasteiger partial charge in [-0.25, -0.2) is 0 Å². The van der Waals surface area contributed by atoms with E-state index in [-0.39, 0.29) is 23.8 Å². The van der Waals surface area contributed by atoms with Crippen molar-refractivity contribution < 1.29 is 33.2 Å². The van der Waals surface area contributed by atoms with Crippen molar-refractivity contribution in [2.24, 2.45) is 0 Å². The first-order valence-electron chi connectivity index (χ1n) is 7.07. The van der Waals surface area contributed by atoms with Gasteiger partial charge >= 0.3 is 5.88 Å². The van der Waals surface area contributed by atoms with Crippen molar-refractivity contribution in [1.82, 2.24) is 0 Å². The second-order valence-corrected chi connectivity index (χ2v) is 4.96. The molecule has 0 radical (unpaired) electrons. The molecule has 10 nitrogen and oxygen atoms in total. The van der Waals surface area contributed by atoms with Gasteiger partial charge < -0.3 is 23.5 Å². The Balaban J connectivity index is 2.06. The molecule has 0 saturated heterocycles. The summed E-state index contributed by atoms with van der Waals surface area (Å²) in [6.45, 7) is 0. The second kappa shape index (κ2) is 6.23. The lowest BCUT2D eigenvalue weighted by Gasteiger charge is -2.28. The minimum atomic E-state index is -0.708. The highest BCUT2D eigenvalue weighted by molar-refractivity contribution is 5.94. The molecule has 0 N–H and O–H groups in total. The van der Waals surface area contributed by atoms with Gasteiger partial charge in [0.05, 0.1) is 33.8 Å². The van der Waals surface area contributed by atoms with E-state index < -0.39 is 16.7 Å². The molecule has 0 unspecified atom stereocenters. The van der Waals surface area contributed by atoms with Crippen LogP contribution in [0, 0.1) is 10.1 Å².